The van der Waals surface area contributed by atoms with Crippen molar-refractivity contribution in [3.8, 4) is 0 Å². The quantitative estimate of drug-likeness (QED) is 0.633. The van der Waals surface area contributed by atoms with Crippen molar-refractivity contribution >= 4 is 17.4 Å². The van der Waals surface area contributed by atoms with Crippen LogP contribution in [0.3, 0.4) is 0 Å². The summed E-state index contributed by atoms with van der Waals surface area (Å²) in [6.07, 6.45) is 4.49. The predicted octanol–water partition coefficient (Wildman–Crippen LogP) is 3.37. The third-order valence-electron chi connectivity index (χ3n) is 5.70. The molecule has 1 aromatic rings. The van der Waals surface area contributed by atoms with Gasteiger partial charge in [-0.05, 0) is 44.7 Å². The maximum atomic E-state index is 12.6. The van der Waals surface area contributed by atoms with E-state index in [1.54, 1.807) is 17.9 Å². The van der Waals surface area contributed by atoms with E-state index in [-0.39, 0.29) is 17.6 Å². The highest BCUT2D eigenvalue weighted by molar-refractivity contribution is 5.90. The van der Waals surface area contributed by atoms with Crippen LogP contribution in [0, 0.1) is 29.9 Å². The molecular weight excluding hydrogens is 322 g/mol. The van der Waals surface area contributed by atoms with Crippen LogP contribution < -0.4 is 5.32 Å². The normalized spacial score (nSPS) is 26.0. The first-order chi connectivity index (χ1) is 11.8. The van der Waals surface area contributed by atoms with Crippen molar-refractivity contribution in [1.82, 2.24) is 4.90 Å². The molecule has 2 atom stereocenters. The van der Waals surface area contributed by atoms with Crippen LogP contribution in [0.15, 0.2) is 12.1 Å². The molecule has 1 aromatic carbocycles. The number of aliphatic hydroxyl groups is 1. The van der Waals surface area contributed by atoms with Gasteiger partial charge in [-0.1, -0.05) is 12.8 Å². The number of carbonyl (C=O) groups excluding carboxylic acids is 1. The summed E-state index contributed by atoms with van der Waals surface area (Å²) >= 11 is 0. The second kappa shape index (κ2) is 6.63. The SMILES string of the molecule is Cc1cc(C)c([N+](=O)[O-])cc1NC(=O)N1CC[C@@]2(O)CCCC[C@@H]2C1. The molecule has 1 saturated heterocycles. The highest BCUT2D eigenvalue weighted by Gasteiger charge is 2.43. The summed E-state index contributed by atoms with van der Waals surface area (Å²) in [4.78, 5) is 25.0. The number of rotatable bonds is 2. The molecule has 2 fully saturated rings. The van der Waals surface area contributed by atoms with E-state index in [0.29, 0.717) is 30.8 Å². The number of hydrogen-bond acceptors (Lipinski definition) is 4. The van der Waals surface area contributed by atoms with Crippen molar-refractivity contribution in [2.45, 2.75) is 51.6 Å². The fourth-order valence-electron chi connectivity index (χ4n) is 4.12. The number of nitro benzene ring substituents is 1. The lowest BCUT2D eigenvalue weighted by atomic mass is 9.71. The Balaban J connectivity index is 1.73. The molecule has 25 heavy (non-hydrogen) atoms. The van der Waals surface area contributed by atoms with E-state index >= 15 is 0 Å². The first-order valence-corrected chi connectivity index (χ1v) is 8.84. The molecule has 2 amide bonds. The highest BCUT2D eigenvalue weighted by Crippen LogP contribution is 2.40. The van der Waals surface area contributed by atoms with Crippen LogP contribution in [-0.4, -0.2) is 39.7 Å². The Bertz CT molecular complexity index is 706. The number of fused-ring (bicyclic) bond motifs is 1. The zero-order valence-electron chi connectivity index (χ0n) is 14.7. The van der Waals surface area contributed by atoms with Gasteiger partial charge in [0.05, 0.1) is 16.2 Å². The molecule has 2 aliphatic rings. The van der Waals surface area contributed by atoms with E-state index in [9.17, 15) is 20.0 Å². The van der Waals surface area contributed by atoms with E-state index in [4.69, 9.17) is 0 Å². The number of nitrogens with zero attached hydrogens (tertiary/aromatic N) is 2. The molecule has 0 spiro atoms. The number of amides is 2. The molecule has 3 rings (SSSR count). The Morgan fingerprint density at radius 3 is 2.80 bits per heavy atom. The number of benzene rings is 1. The summed E-state index contributed by atoms with van der Waals surface area (Å²) in [5, 5.41) is 24.7. The smallest absolute Gasteiger partial charge is 0.321 e. The van der Waals surface area contributed by atoms with Crippen LogP contribution in [0.1, 0.15) is 43.2 Å². The minimum absolute atomic E-state index is 0.00111. The van der Waals surface area contributed by atoms with Gasteiger partial charge < -0.3 is 15.3 Å². The standard InChI is InChI=1S/C18H25N3O4/c1-12-9-13(2)16(21(24)25)10-15(12)19-17(22)20-8-7-18(23)6-4-3-5-14(18)11-20/h9-10,14,23H,3-8,11H2,1-2H3,(H,19,22)/t14-,18+/m1/s1. The number of nitrogens with one attached hydrogen (secondary N) is 1. The Morgan fingerprint density at radius 2 is 2.08 bits per heavy atom. The third-order valence-corrected chi connectivity index (χ3v) is 5.70. The summed E-state index contributed by atoms with van der Waals surface area (Å²) < 4.78 is 0. The first kappa shape index (κ1) is 17.7. The summed E-state index contributed by atoms with van der Waals surface area (Å²) in [6, 6.07) is 2.88. The molecular formula is C18H25N3O4. The number of urea groups is 1. The van der Waals surface area contributed by atoms with Crippen molar-refractivity contribution in [2.24, 2.45) is 5.92 Å². The average Bonchev–Trinajstić information content (AvgIpc) is 2.56. The van der Waals surface area contributed by atoms with Crippen LogP contribution in [0.25, 0.3) is 0 Å². The fourth-order valence-corrected chi connectivity index (χ4v) is 4.12. The maximum Gasteiger partial charge on any atom is 0.321 e. The number of carbonyl (C=O) groups is 1. The lowest BCUT2D eigenvalue weighted by molar-refractivity contribution is -0.385. The summed E-state index contributed by atoms with van der Waals surface area (Å²) in [5.74, 6) is 0.120. The molecule has 0 aromatic heterocycles. The van der Waals surface area contributed by atoms with Crippen LogP contribution in [0.5, 0.6) is 0 Å². The molecule has 1 saturated carbocycles. The molecule has 7 heteroatoms. The lowest BCUT2D eigenvalue weighted by Gasteiger charge is -2.47. The van der Waals surface area contributed by atoms with Crippen molar-refractivity contribution < 1.29 is 14.8 Å². The number of hydrogen-bond donors (Lipinski definition) is 2. The second-order valence-electron chi connectivity index (χ2n) is 7.38. The third kappa shape index (κ3) is 3.46. The lowest BCUT2D eigenvalue weighted by Crippen LogP contribution is -2.55. The van der Waals surface area contributed by atoms with E-state index in [1.807, 2.05) is 6.92 Å². The van der Waals surface area contributed by atoms with Crippen molar-refractivity contribution in [3.63, 3.8) is 0 Å². The number of piperidine rings is 1. The van der Waals surface area contributed by atoms with Gasteiger partial charge in [0.2, 0.25) is 0 Å². The van der Waals surface area contributed by atoms with Gasteiger partial charge in [-0.25, -0.2) is 4.79 Å². The van der Waals surface area contributed by atoms with Gasteiger partial charge in [-0.2, -0.15) is 0 Å². The largest absolute Gasteiger partial charge is 0.389 e. The van der Waals surface area contributed by atoms with Gasteiger partial charge in [0, 0.05) is 30.6 Å². The second-order valence-corrected chi connectivity index (χ2v) is 7.38. The highest BCUT2D eigenvalue weighted by atomic mass is 16.6. The number of likely N-dealkylation sites (tertiary alicyclic amines) is 1. The van der Waals surface area contributed by atoms with E-state index in [2.05, 4.69) is 5.32 Å². The van der Waals surface area contributed by atoms with Gasteiger partial charge in [-0.3, -0.25) is 10.1 Å². The monoisotopic (exact) mass is 347 g/mol. The molecule has 7 nitrogen and oxygen atoms in total. The van der Waals surface area contributed by atoms with E-state index in [0.717, 1.165) is 31.2 Å². The Labute approximate surface area is 147 Å². The average molecular weight is 347 g/mol. The van der Waals surface area contributed by atoms with Crippen LogP contribution >= 0.6 is 0 Å². The molecule has 1 aliphatic carbocycles. The Hall–Kier alpha value is -2.15. The van der Waals surface area contributed by atoms with Crippen LogP contribution in [0.2, 0.25) is 0 Å². The Morgan fingerprint density at radius 1 is 1.32 bits per heavy atom. The molecule has 0 bridgehead atoms. The van der Waals surface area contributed by atoms with E-state index < -0.39 is 10.5 Å². The number of anilines is 1. The number of nitro groups is 1. The van der Waals surface area contributed by atoms with Crippen LogP contribution in [0.4, 0.5) is 16.2 Å². The zero-order valence-corrected chi connectivity index (χ0v) is 14.7. The Kier molecular flexibility index (Phi) is 4.69. The topological polar surface area (TPSA) is 95.7 Å². The molecule has 1 heterocycles. The van der Waals surface area contributed by atoms with E-state index in [1.165, 1.54) is 6.07 Å². The maximum absolute atomic E-state index is 12.6. The number of aryl methyl sites for hydroxylation is 2. The van der Waals surface area contributed by atoms with Gasteiger partial charge in [0.1, 0.15) is 0 Å². The predicted molar refractivity (Wildman–Crippen MR) is 94.7 cm³/mol. The molecule has 136 valence electrons. The van der Waals surface area contributed by atoms with Crippen molar-refractivity contribution in [1.29, 1.82) is 0 Å². The van der Waals surface area contributed by atoms with Crippen molar-refractivity contribution in [3.05, 3.63) is 33.4 Å². The summed E-state index contributed by atoms with van der Waals surface area (Å²) in [6.45, 7) is 4.55. The minimum Gasteiger partial charge on any atom is -0.389 e. The van der Waals surface area contributed by atoms with Gasteiger partial charge in [0.25, 0.3) is 5.69 Å². The van der Waals surface area contributed by atoms with Gasteiger partial charge in [-0.15, -0.1) is 0 Å². The minimum atomic E-state index is -0.631. The van der Waals surface area contributed by atoms with Crippen LogP contribution in [-0.2, 0) is 0 Å². The molecule has 0 unspecified atom stereocenters. The molecule has 2 N–H and O–H groups in total. The van der Waals surface area contributed by atoms with Gasteiger partial charge >= 0.3 is 6.03 Å². The summed E-state index contributed by atoms with van der Waals surface area (Å²) in [7, 11) is 0. The zero-order chi connectivity index (χ0) is 18.2. The summed E-state index contributed by atoms with van der Waals surface area (Å²) in [5.41, 5.74) is 1.20. The van der Waals surface area contributed by atoms with Gasteiger partial charge in [0.15, 0.2) is 0 Å². The van der Waals surface area contributed by atoms with Crippen molar-refractivity contribution in [2.75, 3.05) is 18.4 Å². The molecule has 0 radical (unpaired) electrons. The fraction of sp³-hybridized carbons (Fsp3) is 0.611. The molecule has 1 aliphatic heterocycles. The first-order valence-electron chi connectivity index (χ1n) is 8.84.